The predicted octanol–water partition coefficient (Wildman–Crippen LogP) is 4.78. The molecule has 3 aliphatic carbocycles. The van der Waals surface area contributed by atoms with Crippen molar-refractivity contribution in [1.29, 1.82) is 0 Å². The second kappa shape index (κ2) is 4.47. The van der Waals surface area contributed by atoms with Gasteiger partial charge in [0, 0.05) is 0 Å². The fourth-order valence-electron chi connectivity index (χ4n) is 4.96. The molecule has 0 spiro atoms. The Morgan fingerprint density at radius 3 is 1.33 bits per heavy atom. The van der Waals surface area contributed by atoms with Crippen LogP contribution in [0.4, 0.5) is 0 Å². The molecule has 0 heteroatoms. The van der Waals surface area contributed by atoms with Gasteiger partial charge in [-0.3, -0.25) is 0 Å². The van der Waals surface area contributed by atoms with Gasteiger partial charge in [0.25, 0.3) is 0 Å². The first-order chi connectivity index (χ1) is 7.45. The zero-order valence-corrected chi connectivity index (χ0v) is 10.1. The molecule has 4 unspecified atom stereocenters. The highest BCUT2D eigenvalue weighted by atomic mass is 14.4. The van der Waals surface area contributed by atoms with Crippen molar-refractivity contribution < 1.29 is 0 Å². The molecule has 3 fully saturated rings. The van der Waals surface area contributed by atoms with E-state index in [4.69, 9.17) is 0 Å². The Balaban J connectivity index is 1.77. The summed E-state index contributed by atoms with van der Waals surface area (Å²) in [5.74, 6) is 4.61. The molecule has 0 aliphatic heterocycles. The Labute approximate surface area is 94.8 Å². The van der Waals surface area contributed by atoms with Gasteiger partial charge in [-0.2, -0.15) is 0 Å². The molecule has 0 radical (unpaired) electrons. The Morgan fingerprint density at radius 1 is 0.400 bits per heavy atom. The molecule has 3 saturated carbocycles. The number of fused-ring (bicyclic) bond motifs is 3. The maximum absolute atomic E-state index is 1.59. The van der Waals surface area contributed by atoms with E-state index in [2.05, 4.69) is 0 Å². The zero-order valence-electron chi connectivity index (χ0n) is 10.1. The Morgan fingerprint density at radius 2 is 0.800 bits per heavy atom. The first-order valence-electron chi connectivity index (χ1n) is 7.45. The van der Waals surface area contributed by atoms with E-state index in [1.807, 2.05) is 0 Å². The summed E-state index contributed by atoms with van der Waals surface area (Å²) in [4.78, 5) is 0. The van der Waals surface area contributed by atoms with E-state index in [9.17, 15) is 0 Å². The maximum Gasteiger partial charge on any atom is -0.0355 e. The minimum atomic E-state index is 1.15. The third-order valence-electron chi connectivity index (χ3n) is 5.64. The van der Waals surface area contributed by atoms with Crippen LogP contribution in [-0.2, 0) is 0 Å². The van der Waals surface area contributed by atoms with Crippen LogP contribution >= 0.6 is 0 Å². The molecule has 0 amide bonds. The van der Waals surface area contributed by atoms with Gasteiger partial charge in [0.15, 0.2) is 0 Å². The molecule has 0 N–H and O–H groups in total. The third-order valence-corrected chi connectivity index (χ3v) is 5.64. The van der Waals surface area contributed by atoms with Crippen LogP contribution in [0.3, 0.4) is 0 Å². The highest BCUT2D eigenvalue weighted by Crippen LogP contribution is 2.49. The van der Waals surface area contributed by atoms with Crippen LogP contribution in [-0.4, -0.2) is 0 Å². The standard InChI is InChI=1S/C15H26/c1-3-10-14-12(6-1)8-5-9-13-7-2-4-11-15(13)14/h12-15H,1-11H2. The summed E-state index contributed by atoms with van der Waals surface area (Å²) in [6, 6.07) is 0. The van der Waals surface area contributed by atoms with E-state index in [-0.39, 0.29) is 0 Å². The van der Waals surface area contributed by atoms with Gasteiger partial charge in [-0.15, -0.1) is 0 Å². The molecule has 0 aromatic heterocycles. The van der Waals surface area contributed by atoms with Crippen molar-refractivity contribution in [2.75, 3.05) is 0 Å². The molecule has 3 aliphatic rings. The fraction of sp³-hybridized carbons (Fsp3) is 1.00. The average molecular weight is 206 g/mol. The van der Waals surface area contributed by atoms with Crippen molar-refractivity contribution in [3.63, 3.8) is 0 Å². The van der Waals surface area contributed by atoms with E-state index in [0.717, 1.165) is 23.7 Å². The van der Waals surface area contributed by atoms with Crippen LogP contribution in [0, 0.1) is 23.7 Å². The van der Waals surface area contributed by atoms with Gasteiger partial charge >= 0.3 is 0 Å². The number of hydrogen-bond donors (Lipinski definition) is 0. The molecule has 0 nitrogen and oxygen atoms in total. The van der Waals surface area contributed by atoms with Crippen molar-refractivity contribution >= 4 is 0 Å². The van der Waals surface area contributed by atoms with Crippen molar-refractivity contribution in [2.45, 2.75) is 70.6 Å². The summed E-state index contributed by atoms with van der Waals surface area (Å²) in [6.07, 6.45) is 17.2. The summed E-state index contributed by atoms with van der Waals surface area (Å²) in [7, 11) is 0. The van der Waals surface area contributed by atoms with Gasteiger partial charge in [0.2, 0.25) is 0 Å². The Kier molecular flexibility index (Phi) is 3.03. The van der Waals surface area contributed by atoms with Crippen molar-refractivity contribution in [3.05, 3.63) is 0 Å². The molecular formula is C15H26. The first kappa shape index (κ1) is 10.2. The van der Waals surface area contributed by atoms with Crippen LogP contribution in [0.5, 0.6) is 0 Å². The highest BCUT2D eigenvalue weighted by molar-refractivity contribution is 4.89. The lowest BCUT2D eigenvalue weighted by Gasteiger charge is -2.40. The normalized spacial score (nSPS) is 46.4. The van der Waals surface area contributed by atoms with Gasteiger partial charge in [0.05, 0.1) is 0 Å². The lowest BCUT2D eigenvalue weighted by atomic mass is 9.65. The van der Waals surface area contributed by atoms with E-state index >= 15 is 0 Å². The molecule has 0 saturated heterocycles. The van der Waals surface area contributed by atoms with Crippen molar-refractivity contribution in [1.82, 2.24) is 0 Å². The van der Waals surface area contributed by atoms with E-state index in [1.165, 1.54) is 0 Å². The minimum absolute atomic E-state index is 1.15. The van der Waals surface area contributed by atoms with E-state index in [0.29, 0.717) is 0 Å². The molecule has 0 heterocycles. The quantitative estimate of drug-likeness (QED) is 0.535. The van der Waals surface area contributed by atoms with Crippen LogP contribution in [0.2, 0.25) is 0 Å². The molecule has 4 atom stereocenters. The van der Waals surface area contributed by atoms with Gasteiger partial charge in [0.1, 0.15) is 0 Å². The molecule has 0 bridgehead atoms. The van der Waals surface area contributed by atoms with Crippen LogP contribution in [0.15, 0.2) is 0 Å². The molecular weight excluding hydrogens is 180 g/mol. The van der Waals surface area contributed by atoms with E-state index < -0.39 is 0 Å². The Hall–Kier alpha value is 0. The molecule has 86 valence electrons. The summed E-state index contributed by atoms with van der Waals surface area (Å²) in [5, 5.41) is 0. The average Bonchev–Trinajstić information content (AvgIpc) is 2.48. The largest absolute Gasteiger partial charge is 0.0530 e. The lowest BCUT2D eigenvalue weighted by Crippen LogP contribution is -2.31. The number of hydrogen-bond acceptors (Lipinski definition) is 0. The molecule has 0 aromatic rings. The lowest BCUT2D eigenvalue weighted by molar-refractivity contribution is 0.0974. The molecule has 0 aromatic carbocycles. The minimum Gasteiger partial charge on any atom is -0.0530 e. The second-order valence-corrected chi connectivity index (χ2v) is 6.35. The Bertz CT molecular complexity index is 186. The van der Waals surface area contributed by atoms with E-state index in [1.54, 1.807) is 70.6 Å². The summed E-state index contributed by atoms with van der Waals surface area (Å²) >= 11 is 0. The summed E-state index contributed by atoms with van der Waals surface area (Å²) < 4.78 is 0. The fourth-order valence-corrected chi connectivity index (χ4v) is 4.96. The second-order valence-electron chi connectivity index (χ2n) is 6.35. The summed E-state index contributed by atoms with van der Waals surface area (Å²) in [5.41, 5.74) is 0. The SMILES string of the molecule is C1CCC2C(C1)CCCC1CCCCC12. The highest BCUT2D eigenvalue weighted by Gasteiger charge is 2.38. The van der Waals surface area contributed by atoms with Crippen LogP contribution in [0.1, 0.15) is 70.6 Å². The van der Waals surface area contributed by atoms with Gasteiger partial charge in [-0.05, 0) is 36.5 Å². The number of rotatable bonds is 0. The maximum atomic E-state index is 1.59. The molecule has 15 heavy (non-hydrogen) atoms. The van der Waals surface area contributed by atoms with Gasteiger partial charge < -0.3 is 0 Å². The first-order valence-corrected chi connectivity index (χ1v) is 7.45. The van der Waals surface area contributed by atoms with Gasteiger partial charge in [-0.25, -0.2) is 0 Å². The predicted molar refractivity (Wildman–Crippen MR) is 64.7 cm³/mol. The van der Waals surface area contributed by atoms with Crippen LogP contribution in [0.25, 0.3) is 0 Å². The molecule has 3 rings (SSSR count). The van der Waals surface area contributed by atoms with Crippen LogP contribution < -0.4 is 0 Å². The van der Waals surface area contributed by atoms with Gasteiger partial charge in [-0.1, -0.05) is 57.8 Å². The monoisotopic (exact) mass is 206 g/mol. The summed E-state index contributed by atoms with van der Waals surface area (Å²) in [6.45, 7) is 0. The third kappa shape index (κ3) is 1.97. The van der Waals surface area contributed by atoms with Crippen molar-refractivity contribution in [2.24, 2.45) is 23.7 Å². The van der Waals surface area contributed by atoms with Crippen molar-refractivity contribution in [3.8, 4) is 0 Å². The zero-order chi connectivity index (χ0) is 10.1. The topological polar surface area (TPSA) is 0 Å². The smallest absolute Gasteiger partial charge is 0.0355 e.